The highest BCUT2D eigenvalue weighted by Gasteiger charge is 2.22. The fraction of sp³-hybridized carbons (Fsp3) is 0.280. The number of hydrogen-bond acceptors (Lipinski definition) is 6. The van der Waals surface area contributed by atoms with Crippen molar-refractivity contribution in [3.8, 4) is 22.6 Å². The zero-order valence-electron chi connectivity index (χ0n) is 18.5. The molecular weight excluding hydrogens is 426 g/mol. The Morgan fingerprint density at radius 3 is 2.50 bits per heavy atom. The summed E-state index contributed by atoms with van der Waals surface area (Å²) in [5.74, 6) is 0.910. The van der Waals surface area contributed by atoms with E-state index in [1.54, 1.807) is 14.0 Å². The van der Waals surface area contributed by atoms with Crippen LogP contribution >= 0.6 is 11.3 Å². The quantitative estimate of drug-likeness (QED) is 0.315. The fourth-order valence-electron chi connectivity index (χ4n) is 3.16. The van der Waals surface area contributed by atoms with Gasteiger partial charge in [0.1, 0.15) is 22.1 Å². The van der Waals surface area contributed by atoms with Gasteiger partial charge in [-0.15, -0.1) is 11.3 Å². The minimum atomic E-state index is -0.460. The smallest absolute Gasteiger partial charge is 0.341 e. The van der Waals surface area contributed by atoms with Gasteiger partial charge in [0.15, 0.2) is 0 Å². The molecule has 0 radical (unpaired) electrons. The van der Waals surface area contributed by atoms with Crippen LogP contribution in [-0.4, -0.2) is 32.2 Å². The third-order valence-electron chi connectivity index (χ3n) is 4.82. The van der Waals surface area contributed by atoms with E-state index in [0.29, 0.717) is 29.2 Å². The minimum Gasteiger partial charge on any atom is -0.497 e. The zero-order chi connectivity index (χ0) is 22.9. The largest absolute Gasteiger partial charge is 0.497 e. The Kier molecular flexibility index (Phi) is 8.27. The monoisotopic (exact) mass is 453 g/mol. The SMILES string of the molecule is CCOC(=O)c1c(-c2ccc(OC)cc2)csc1NC(=O)CCCOc1ccccc1C. The predicted octanol–water partition coefficient (Wildman–Crippen LogP) is 5.71. The van der Waals surface area contributed by atoms with Crippen molar-refractivity contribution < 1.29 is 23.8 Å². The molecule has 0 unspecified atom stereocenters. The number of aryl methyl sites for hydroxylation is 1. The van der Waals surface area contributed by atoms with E-state index in [2.05, 4.69) is 5.32 Å². The molecular formula is C25H27NO5S. The van der Waals surface area contributed by atoms with E-state index < -0.39 is 5.97 Å². The van der Waals surface area contributed by atoms with Crippen LogP contribution in [0.5, 0.6) is 11.5 Å². The molecule has 168 valence electrons. The summed E-state index contributed by atoms with van der Waals surface area (Å²) < 4.78 is 16.2. The Morgan fingerprint density at radius 2 is 1.81 bits per heavy atom. The first-order valence-electron chi connectivity index (χ1n) is 10.4. The molecule has 6 nitrogen and oxygen atoms in total. The van der Waals surface area contributed by atoms with Gasteiger partial charge in [-0.3, -0.25) is 4.79 Å². The fourth-order valence-corrected chi connectivity index (χ4v) is 4.13. The first-order chi connectivity index (χ1) is 15.5. The van der Waals surface area contributed by atoms with Gasteiger partial charge in [-0.1, -0.05) is 30.3 Å². The second-order valence-electron chi connectivity index (χ2n) is 7.07. The molecule has 0 bridgehead atoms. The summed E-state index contributed by atoms with van der Waals surface area (Å²) in [6, 6.07) is 15.2. The number of anilines is 1. The topological polar surface area (TPSA) is 73.9 Å². The van der Waals surface area contributed by atoms with Gasteiger partial charge >= 0.3 is 5.97 Å². The molecule has 0 spiro atoms. The molecule has 0 saturated heterocycles. The van der Waals surface area contributed by atoms with Crippen LogP contribution in [0.25, 0.3) is 11.1 Å². The van der Waals surface area contributed by atoms with Gasteiger partial charge in [0.25, 0.3) is 0 Å². The van der Waals surface area contributed by atoms with E-state index in [-0.39, 0.29) is 18.9 Å². The van der Waals surface area contributed by atoms with E-state index >= 15 is 0 Å². The lowest BCUT2D eigenvalue weighted by molar-refractivity contribution is -0.116. The summed E-state index contributed by atoms with van der Waals surface area (Å²) >= 11 is 1.31. The third kappa shape index (κ3) is 5.88. The van der Waals surface area contributed by atoms with Crippen LogP contribution in [0, 0.1) is 6.92 Å². The van der Waals surface area contributed by atoms with Crippen molar-refractivity contribution in [1.29, 1.82) is 0 Å². The minimum absolute atomic E-state index is 0.174. The second kappa shape index (κ2) is 11.3. The van der Waals surface area contributed by atoms with Crippen LogP contribution in [0.2, 0.25) is 0 Å². The van der Waals surface area contributed by atoms with Gasteiger partial charge in [0, 0.05) is 17.4 Å². The van der Waals surface area contributed by atoms with Crippen LogP contribution in [0.3, 0.4) is 0 Å². The average molecular weight is 454 g/mol. The van der Waals surface area contributed by atoms with Gasteiger partial charge < -0.3 is 19.5 Å². The van der Waals surface area contributed by atoms with E-state index in [1.165, 1.54) is 11.3 Å². The average Bonchev–Trinajstić information content (AvgIpc) is 3.21. The lowest BCUT2D eigenvalue weighted by atomic mass is 10.0. The van der Waals surface area contributed by atoms with Crippen LogP contribution in [0.15, 0.2) is 53.9 Å². The van der Waals surface area contributed by atoms with Gasteiger partial charge in [-0.25, -0.2) is 4.79 Å². The first-order valence-corrected chi connectivity index (χ1v) is 11.3. The molecule has 0 aliphatic carbocycles. The van der Waals surface area contributed by atoms with Crippen LogP contribution in [-0.2, 0) is 9.53 Å². The molecule has 1 N–H and O–H groups in total. The maximum atomic E-state index is 12.7. The first kappa shape index (κ1) is 23.3. The molecule has 0 fully saturated rings. The zero-order valence-corrected chi connectivity index (χ0v) is 19.3. The normalized spacial score (nSPS) is 10.5. The van der Waals surface area contributed by atoms with Crippen molar-refractivity contribution >= 4 is 28.2 Å². The second-order valence-corrected chi connectivity index (χ2v) is 7.95. The predicted molar refractivity (Wildman–Crippen MR) is 127 cm³/mol. The molecule has 3 aromatic rings. The summed E-state index contributed by atoms with van der Waals surface area (Å²) in [7, 11) is 1.60. The molecule has 7 heteroatoms. The standard InChI is InChI=1S/C25H27NO5S/c1-4-30-25(28)23-20(18-11-13-19(29-3)14-12-18)16-32-24(23)26-22(27)10-7-15-31-21-9-6-5-8-17(21)2/h5-6,8-9,11-14,16H,4,7,10,15H2,1-3H3,(H,26,27). The Morgan fingerprint density at radius 1 is 1.06 bits per heavy atom. The molecule has 0 aliphatic rings. The van der Waals surface area contributed by atoms with Crippen LogP contribution in [0.1, 0.15) is 35.7 Å². The van der Waals surface area contributed by atoms with Crippen molar-refractivity contribution in [2.24, 2.45) is 0 Å². The molecule has 1 heterocycles. The number of methoxy groups -OCH3 is 1. The summed E-state index contributed by atoms with van der Waals surface area (Å²) in [6.07, 6.45) is 0.843. The molecule has 1 amide bonds. The van der Waals surface area contributed by atoms with Crippen LogP contribution < -0.4 is 14.8 Å². The van der Waals surface area contributed by atoms with Gasteiger partial charge in [0.05, 0.1) is 20.3 Å². The van der Waals surface area contributed by atoms with E-state index in [4.69, 9.17) is 14.2 Å². The highest BCUT2D eigenvalue weighted by molar-refractivity contribution is 7.15. The number of para-hydroxylation sites is 1. The number of nitrogens with one attached hydrogen (secondary N) is 1. The van der Waals surface area contributed by atoms with Crippen molar-refractivity contribution in [3.63, 3.8) is 0 Å². The van der Waals surface area contributed by atoms with E-state index in [1.807, 2.05) is 60.8 Å². The highest BCUT2D eigenvalue weighted by Crippen LogP contribution is 2.37. The summed E-state index contributed by atoms with van der Waals surface area (Å²) in [6.45, 7) is 4.42. The van der Waals surface area contributed by atoms with Crippen LogP contribution in [0.4, 0.5) is 5.00 Å². The van der Waals surface area contributed by atoms with Gasteiger partial charge in [-0.2, -0.15) is 0 Å². The molecule has 0 atom stereocenters. The molecule has 0 saturated carbocycles. The summed E-state index contributed by atoms with van der Waals surface area (Å²) in [4.78, 5) is 25.2. The molecule has 3 rings (SSSR count). The summed E-state index contributed by atoms with van der Waals surface area (Å²) in [5, 5.41) is 5.21. The number of rotatable bonds is 10. The summed E-state index contributed by atoms with van der Waals surface area (Å²) in [5.41, 5.74) is 2.98. The Balaban J connectivity index is 1.66. The number of benzene rings is 2. The van der Waals surface area contributed by atoms with E-state index in [9.17, 15) is 9.59 Å². The van der Waals surface area contributed by atoms with E-state index in [0.717, 1.165) is 22.6 Å². The van der Waals surface area contributed by atoms with Gasteiger partial charge in [0.2, 0.25) is 5.91 Å². The number of carbonyl (C=O) groups excluding carboxylic acids is 2. The lowest BCUT2D eigenvalue weighted by Gasteiger charge is -2.10. The van der Waals surface area contributed by atoms with Gasteiger partial charge in [-0.05, 0) is 49.6 Å². The van der Waals surface area contributed by atoms with Crippen molar-refractivity contribution in [3.05, 3.63) is 65.0 Å². The lowest BCUT2D eigenvalue weighted by Crippen LogP contribution is -2.15. The Labute approximate surface area is 192 Å². The molecule has 2 aromatic carbocycles. The van der Waals surface area contributed by atoms with Crippen molar-refractivity contribution in [2.75, 3.05) is 25.6 Å². The number of esters is 1. The molecule has 32 heavy (non-hydrogen) atoms. The number of thiophene rings is 1. The number of ether oxygens (including phenoxy) is 3. The third-order valence-corrected chi connectivity index (χ3v) is 5.72. The maximum absolute atomic E-state index is 12.7. The van der Waals surface area contributed by atoms with Crippen molar-refractivity contribution in [1.82, 2.24) is 0 Å². The Bertz CT molecular complexity index is 1060. The number of hydrogen-bond donors (Lipinski definition) is 1. The highest BCUT2D eigenvalue weighted by atomic mass is 32.1. The Hall–Kier alpha value is -3.32. The van der Waals surface area contributed by atoms with Crippen molar-refractivity contribution in [2.45, 2.75) is 26.7 Å². The number of amides is 1. The maximum Gasteiger partial charge on any atom is 0.341 e. The number of carbonyl (C=O) groups is 2. The molecule has 0 aliphatic heterocycles. The molecule has 1 aromatic heterocycles.